The minimum Gasteiger partial charge on any atom is -0.381 e. The minimum absolute atomic E-state index is 0.00524. The Morgan fingerprint density at radius 3 is 2.79 bits per heavy atom. The molecule has 3 aliphatic heterocycles. The van der Waals surface area contributed by atoms with Gasteiger partial charge in [0.05, 0.1) is 18.8 Å². The van der Waals surface area contributed by atoms with E-state index in [-0.39, 0.29) is 17.5 Å². The van der Waals surface area contributed by atoms with Crippen LogP contribution in [0.3, 0.4) is 0 Å². The average molecular weight is 539 g/mol. The number of halogens is 2. The van der Waals surface area contributed by atoms with Crippen LogP contribution < -0.4 is 4.90 Å². The van der Waals surface area contributed by atoms with Crippen LogP contribution in [0.4, 0.5) is 20.3 Å². The van der Waals surface area contributed by atoms with Crippen LogP contribution in [0.1, 0.15) is 73.9 Å². The van der Waals surface area contributed by atoms with E-state index in [9.17, 15) is 13.6 Å². The Kier molecular flexibility index (Phi) is 7.14. The number of fused-ring (bicyclic) bond motifs is 2. The topological polar surface area (TPSA) is 68.4 Å². The molecule has 3 aromatic rings. The van der Waals surface area contributed by atoms with E-state index >= 15 is 0 Å². The Labute approximate surface area is 227 Å². The third kappa shape index (κ3) is 4.83. The number of carbonyl (C=O) groups excluding carboxylic acids is 1. The molecule has 0 bridgehead atoms. The van der Waals surface area contributed by atoms with Gasteiger partial charge in [-0.1, -0.05) is 6.92 Å². The first-order valence-electron chi connectivity index (χ1n) is 14.1. The van der Waals surface area contributed by atoms with E-state index in [0.717, 1.165) is 67.8 Å². The standard InChI is InChI=1S/C29H36F2N6O2/c1-3-27(38)35-11-8-25-24(18-35)29(33-37(25)21-7-5-12-39-13-9-21)36-10-4-6-19-14-22(20-16-32-34(2)17-20)23(28(30)31)15-26(19)36/h14-17,21,28H,3-13,18H2,1-2H3/t21-/m1/s1. The van der Waals surface area contributed by atoms with Crippen LogP contribution in [-0.4, -0.2) is 56.7 Å². The third-order valence-electron chi connectivity index (χ3n) is 8.36. The number of aromatic nitrogens is 4. The molecule has 0 N–H and O–H groups in total. The number of ether oxygens (including phenoxy) is 1. The summed E-state index contributed by atoms with van der Waals surface area (Å²) in [4.78, 5) is 16.7. The number of hydrogen-bond donors (Lipinski definition) is 0. The number of aryl methyl sites for hydroxylation is 2. The molecule has 8 nitrogen and oxygen atoms in total. The smallest absolute Gasteiger partial charge is 0.264 e. The van der Waals surface area contributed by atoms with E-state index in [4.69, 9.17) is 9.84 Å². The number of anilines is 2. The van der Waals surface area contributed by atoms with Gasteiger partial charge in [0.1, 0.15) is 0 Å². The highest BCUT2D eigenvalue weighted by Crippen LogP contribution is 2.43. The maximum absolute atomic E-state index is 14.4. The van der Waals surface area contributed by atoms with Crippen molar-refractivity contribution in [1.82, 2.24) is 24.5 Å². The largest absolute Gasteiger partial charge is 0.381 e. The zero-order chi connectivity index (χ0) is 27.1. The van der Waals surface area contributed by atoms with E-state index in [2.05, 4.69) is 14.7 Å². The predicted molar refractivity (Wildman–Crippen MR) is 144 cm³/mol. The van der Waals surface area contributed by atoms with E-state index in [0.29, 0.717) is 43.8 Å². The lowest BCUT2D eigenvalue weighted by Gasteiger charge is -2.33. The van der Waals surface area contributed by atoms with Crippen molar-refractivity contribution < 1.29 is 18.3 Å². The second-order valence-corrected chi connectivity index (χ2v) is 10.8. The normalized spacial score (nSPS) is 19.7. The summed E-state index contributed by atoms with van der Waals surface area (Å²) in [6.45, 7) is 5.23. The van der Waals surface area contributed by atoms with Crippen molar-refractivity contribution in [1.29, 1.82) is 0 Å². The molecule has 1 atom stereocenters. The fraction of sp³-hybridized carbons (Fsp3) is 0.552. The second-order valence-electron chi connectivity index (χ2n) is 10.8. The molecule has 1 aromatic carbocycles. The Morgan fingerprint density at radius 1 is 1.15 bits per heavy atom. The van der Waals surface area contributed by atoms with Gasteiger partial charge in [0.25, 0.3) is 6.43 Å². The summed E-state index contributed by atoms with van der Waals surface area (Å²) in [5.74, 6) is 0.932. The van der Waals surface area contributed by atoms with Gasteiger partial charge in [-0.05, 0) is 55.4 Å². The van der Waals surface area contributed by atoms with E-state index in [1.807, 2.05) is 17.9 Å². The van der Waals surface area contributed by atoms with Crippen molar-refractivity contribution in [3.63, 3.8) is 0 Å². The fourth-order valence-corrected chi connectivity index (χ4v) is 6.37. The molecular weight excluding hydrogens is 502 g/mol. The molecule has 1 fully saturated rings. The molecule has 0 aliphatic carbocycles. The molecule has 6 rings (SSSR count). The van der Waals surface area contributed by atoms with Crippen molar-refractivity contribution in [2.24, 2.45) is 7.05 Å². The molecular formula is C29H36F2N6O2. The lowest BCUT2D eigenvalue weighted by molar-refractivity contribution is -0.131. The SMILES string of the molecule is CCC(=O)N1CCc2c(c(N3CCCc4cc(-c5cnn(C)c5)c(C(F)F)cc43)nn2[C@@H]2CCCOCC2)C1. The Bertz CT molecular complexity index is 1360. The monoisotopic (exact) mass is 538 g/mol. The number of amides is 1. The van der Waals surface area contributed by atoms with E-state index in [1.54, 1.807) is 30.2 Å². The first kappa shape index (κ1) is 26.0. The quantitative estimate of drug-likeness (QED) is 0.439. The molecule has 1 saturated heterocycles. The molecule has 3 aliphatic rings. The maximum atomic E-state index is 14.4. The molecule has 0 radical (unpaired) electrons. The molecule has 39 heavy (non-hydrogen) atoms. The first-order valence-corrected chi connectivity index (χ1v) is 14.1. The van der Waals surface area contributed by atoms with Gasteiger partial charge in [0.15, 0.2) is 5.82 Å². The fourth-order valence-electron chi connectivity index (χ4n) is 6.37. The molecule has 0 spiro atoms. The van der Waals surface area contributed by atoms with Gasteiger partial charge in [-0.25, -0.2) is 8.78 Å². The summed E-state index contributed by atoms with van der Waals surface area (Å²) in [6.07, 6.45) is 6.58. The van der Waals surface area contributed by atoms with E-state index in [1.165, 1.54) is 5.69 Å². The molecule has 0 saturated carbocycles. The third-order valence-corrected chi connectivity index (χ3v) is 8.36. The Morgan fingerprint density at radius 2 is 2.03 bits per heavy atom. The Hall–Kier alpha value is -3.27. The van der Waals surface area contributed by atoms with E-state index < -0.39 is 6.43 Å². The highest BCUT2D eigenvalue weighted by molar-refractivity contribution is 5.78. The van der Waals surface area contributed by atoms with Crippen molar-refractivity contribution in [2.75, 3.05) is 31.2 Å². The highest BCUT2D eigenvalue weighted by Gasteiger charge is 2.34. The van der Waals surface area contributed by atoms with Crippen LogP contribution in [0, 0.1) is 0 Å². The zero-order valence-electron chi connectivity index (χ0n) is 22.7. The van der Waals surface area contributed by atoms with Crippen molar-refractivity contribution >= 4 is 17.4 Å². The van der Waals surface area contributed by atoms with Crippen molar-refractivity contribution in [3.8, 4) is 11.1 Å². The predicted octanol–water partition coefficient (Wildman–Crippen LogP) is 5.34. The number of rotatable bonds is 5. The van der Waals surface area contributed by atoms with Crippen LogP contribution in [0.5, 0.6) is 0 Å². The highest BCUT2D eigenvalue weighted by atomic mass is 19.3. The number of carbonyl (C=O) groups is 1. The van der Waals surface area contributed by atoms with Crippen LogP contribution in [0.2, 0.25) is 0 Å². The summed E-state index contributed by atoms with van der Waals surface area (Å²) in [6, 6.07) is 3.81. The van der Waals surface area contributed by atoms with Gasteiger partial charge in [0.2, 0.25) is 5.91 Å². The molecule has 1 amide bonds. The average Bonchev–Trinajstić information content (AvgIpc) is 3.44. The van der Waals surface area contributed by atoms with Crippen LogP contribution in [0.15, 0.2) is 24.5 Å². The lowest BCUT2D eigenvalue weighted by atomic mass is 9.92. The van der Waals surface area contributed by atoms with Crippen molar-refractivity contribution in [3.05, 3.63) is 46.9 Å². The number of hydrogen-bond acceptors (Lipinski definition) is 5. The summed E-state index contributed by atoms with van der Waals surface area (Å²) in [7, 11) is 1.79. The molecule has 0 unspecified atom stereocenters. The number of alkyl halides is 2. The zero-order valence-corrected chi connectivity index (χ0v) is 22.7. The van der Waals surface area contributed by atoms with Crippen LogP contribution in [0.25, 0.3) is 11.1 Å². The van der Waals surface area contributed by atoms with Gasteiger partial charge in [-0.15, -0.1) is 0 Å². The van der Waals surface area contributed by atoms with Crippen molar-refractivity contribution in [2.45, 2.75) is 70.9 Å². The summed E-state index contributed by atoms with van der Waals surface area (Å²) in [5.41, 5.74) is 5.28. The van der Waals surface area contributed by atoms with Gasteiger partial charge in [-0.2, -0.15) is 10.2 Å². The summed E-state index contributed by atoms with van der Waals surface area (Å²) in [5, 5.41) is 9.41. The van der Waals surface area contributed by atoms with Gasteiger partial charge >= 0.3 is 0 Å². The lowest BCUT2D eigenvalue weighted by Crippen LogP contribution is -2.36. The number of nitrogens with zero attached hydrogens (tertiary/aromatic N) is 6. The second kappa shape index (κ2) is 10.7. The summed E-state index contributed by atoms with van der Waals surface area (Å²) >= 11 is 0. The molecule has 10 heteroatoms. The summed E-state index contributed by atoms with van der Waals surface area (Å²) < 4.78 is 38.4. The Balaban J connectivity index is 1.46. The molecule has 2 aromatic heterocycles. The van der Waals surface area contributed by atoms with Crippen LogP contribution >= 0.6 is 0 Å². The van der Waals surface area contributed by atoms with Crippen LogP contribution in [-0.2, 0) is 36.0 Å². The maximum Gasteiger partial charge on any atom is 0.264 e. The van der Waals surface area contributed by atoms with Gasteiger partial charge in [-0.3, -0.25) is 14.2 Å². The first-order chi connectivity index (χ1) is 18.9. The molecule has 208 valence electrons. The number of benzene rings is 1. The minimum atomic E-state index is -2.62. The molecule has 5 heterocycles. The van der Waals surface area contributed by atoms with Gasteiger partial charge in [0, 0.05) is 80.5 Å². The van der Waals surface area contributed by atoms with Gasteiger partial charge < -0.3 is 14.5 Å².